The molecular formula is C19H16O5. The van der Waals surface area contributed by atoms with Gasteiger partial charge in [0.15, 0.2) is 0 Å². The van der Waals surface area contributed by atoms with Crippen molar-refractivity contribution >= 4 is 18.0 Å². The number of carbonyl (C=O) groups excluding carboxylic acids is 2. The molecule has 2 aromatic rings. The summed E-state index contributed by atoms with van der Waals surface area (Å²) in [6, 6.07) is 13.2. The Morgan fingerprint density at radius 2 is 1.88 bits per heavy atom. The number of rotatable bonds is 6. The highest BCUT2D eigenvalue weighted by Crippen LogP contribution is 2.17. The van der Waals surface area contributed by atoms with Gasteiger partial charge in [-0.2, -0.15) is 0 Å². The van der Waals surface area contributed by atoms with E-state index in [1.54, 1.807) is 48.5 Å². The first-order valence-electron chi connectivity index (χ1n) is 7.49. The van der Waals surface area contributed by atoms with E-state index in [9.17, 15) is 9.59 Å². The molecule has 1 atom stereocenters. The van der Waals surface area contributed by atoms with E-state index in [1.165, 1.54) is 0 Å². The molecule has 1 saturated heterocycles. The van der Waals surface area contributed by atoms with Crippen molar-refractivity contribution in [3.8, 4) is 5.75 Å². The summed E-state index contributed by atoms with van der Waals surface area (Å²) in [7, 11) is 0. The van der Waals surface area contributed by atoms with Crippen molar-refractivity contribution in [2.75, 3.05) is 13.2 Å². The molecule has 5 nitrogen and oxygen atoms in total. The normalized spacial score (nSPS) is 15.4. The maximum atomic E-state index is 12.1. The maximum Gasteiger partial charge on any atom is 0.343 e. The van der Waals surface area contributed by atoms with E-state index in [-0.39, 0.29) is 12.7 Å². The lowest BCUT2D eigenvalue weighted by molar-refractivity contribution is 0.0476. The molecule has 1 heterocycles. The summed E-state index contributed by atoms with van der Waals surface area (Å²) in [5.41, 5.74) is 1.66. The largest absolute Gasteiger partial charge is 0.459 e. The second-order valence-corrected chi connectivity index (χ2v) is 5.30. The van der Waals surface area contributed by atoms with Crippen LogP contribution in [0.1, 0.15) is 26.3 Å². The summed E-state index contributed by atoms with van der Waals surface area (Å²) in [5, 5.41) is 0. The Labute approximate surface area is 139 Å². The molecule has 0 spiro atoms. The van der Waals surface area contributed by atoms with Gasteiger partial charge in [-0.1, -0.05) is 24.8 Å². The predicted octanol–water partition coefficient (Wildman–Crippen LogP) is 3.10. The van der Waals surface area contributed by atoms with Crippen LogP contribution in [0.25, 0.3) is 6.08 Å². The first kappa shape index (κ1) is 16.0. The lowest BCUT2D eigenvalue weighted by Gasteiger charge is -2.06. The topological polar surface area (TPSA) is 65.1 Å². The Kier molecular flexibility index (Phi) is 4.72. The number of hydrogen-bond acceptors (Lipinski definition) is 5. The highest BCUT2D eigenvalue weighted by Gasteiger charge is 2.24. The van der Waals surface area contributed by atoms with Gasteiger partial charge in [0.25, 0.3) is 0 Å². The smallest absolute Gasteiger partial charge is 0.343 e. The molecule has 1 fully saturated rings. The van der Waals surface area contributed by atoms with Gasteiger partial charge in [0.1, 0.15) is 18.5 Å². The average molecular weight is 324 g/mol. The molecule has 1 unspecified atom stereocenters. The number of esters is 2. The fourth-order valence-electron chi connectivity index (χ4n) is 2.03. The van der Waals surface area contributed by atoms with Crippen molar-refractivity contribution in [1.29, 1.82) is 0 Å². The molecular weight excluding hydrogens is 308 g/mol. The highest BCUT2D eigenvalue weighted by atomic mass is 16.6. The van der Waals surface area contributed by atoms with Crippen molar-refractivity contribution in [2.24, 2.45) is 0 Å². The molecule has 0 bridgehead atoms. The highest BCUT2D eigenvalue weighted by molar-refractivity contribution is 5.92. The lowest BCUT2D eigenvalue weighted by atomic mass is 10.1. The molecule has 1 aliphatic heterocycles. The Balaban J connectivity index is 1.61. The second-order valence-electron chi connectivity index (χ2n) is 5.30. The number of hydrogen-bond donors (Lipinski definition) is 0. The SMILES string of the molecule is C=Cc1cccc(C(=O)Oc2ccc(C(=O)OCC3CO3)cc2)c1. The molecule has 122 valence electrons. The third kappa shape index (κ3) is 4.08. The van der Waals surface area contributed by atoms with Gasteiger partial charge in [0, 0.05) is 0 Å². The molecule has 24 heavy (non-hydrogen) atoms. The standard InChI is InChI=1S/C19H16O5/c1-2-13-4-3-5-15(10-13)19(21)24-16-8-6-14(7-9-16)18(20)23-12-17-11-22-17/h2-10,17H,1,11-12H2. The monoisotopic (exact) mass is 324 g/mol. The first-order valence-corrected chi connectivity index (χ1v) is 7.49. The average Bonchev–Trinajstić information content (AvgIpc) is 3.44. The molecule has 0 saturated carbocycles. The van der Waals surface area contributed by atoms with Crippen LogP contribution >= 0.6 is 0 Å². The van der Waals surface area contributed by atoms with Gasteiger partial charge in [-0.15, -0.1) is 0 Å². The van der Waals surface area contributed by atoms with E-state index in [0.29, 0.717) is 23.5 Å². The Hall–Kier alpha value is -2.92. The van der Waals surface area contributed by atoms with Gasteiger partial charge in [-0.3, -0.25) is 0 Å². The van der Waals surface area contributed by atoms with Crippen LogP contribution in [0, 0.1) is 0 Å². The van der Waals surface area contributed by atoms with Gasteiger partial charge in [-0.25, -0.2) is 9.59 Å². The fraction of sp³-hybridized carbons (Fsp3) is 0.158. The van der Waals surface area contributed by atoms with E-state index in [4.69, 9.17) is 14.2 Å². The second kappa shape index (κ2) is 7.10. The predicted molar refractivity (Wildman–Crippen MR) is 88.0 cm³/mol. The quantitative estimate of drug-likeness (QED) is 0.464. The van der Waals surface area contributed by atoms with Crippen LogP contribution in [0.2, 0.25) is 0 Å². The van der Waals surface area contributed by atoms with Gasteiger partial charge in [0.05, 0.1) is 17.7 Å². The van der Waals surface area contributed by atoms with Crippen LogP contribution in [0.15, 0.2) is 55.1 Å². The summed E-state index contributed by atoms with van der Waals surface area (Å²) in [4.78, 5) is 23.9. The van der Waals surface area contributed by atoms with E-state index in [0.717, 1.165) is 5.56 Å². The first-order chi connectivity index (χ1) is 11.7. The van der Waals surface area contributed by atoms with Crippen LogP contribution in [0.5, 0.6) is 5.75 Å². The van der Waals surface area contributed by atoms with E-state index >= 15 is 0 Å². The molecule has 0 radical (unpaired) electrons. The molecule has 0 N–H and O–H groups in total. The Morgan fingerprint density at radius 3 is 2.54 bits per heavy atom. The van der Waals surface area contributed by atoms with Crippen LogP contribution in [-0.4, -0.2) is 31.3 Å². The molecule has 1 aliphatic rings. The minimum atomic E-state index is -0.472. The summed E-state index contributed by atoms with van der Waals surface area (Å²) < 4.78 is 15.4. The zero-order chi connectivity index (χ0) is 16.9. The fourth-order valence-corrected chi connectivity index (χ4v) is 2.03. The minimum Gasteiger partial charge on any atom is -0.459 e. The summed E-state index contributed by atoms with van der Waals surface area (Å²) in [6.07, 6.45) is 1.68. The van der Waals surface area contributed by atoms with Gasteiger partial charge in [-0.05, 0) is 42.0 Å². The maximum absolute atomic E-state index is 12.1. The van der Waals surface area contributed by atoms with Gasteiger partial charge in [0.2, 0.25) is 0 Å². The molecule has 0 aliphatic carbocycles. The molecule has 3 rings (SSSR count). The lowest BCUT2D eigenvalue weighted by Crippen LogP contribution is -2.11. The van der Waals surface area contributed by atoms with Crippen LogP contribution < -0.4 is 4.74 Å². The number of benzene rings is 2. The zero-order valence-corrected chi connectivity index (χ0v) is 12.9. The van der Waals surface area contributed by atoms with Crippen LogP contribution in [0.4, 0.5) is 0 Å². The third-order valence-corrected chi connectivity index (χ3v) is 3.46. The van der Waals surface area contributed by atoms with Crippen molar-refractivity contribution in [1.82, 2.24) is 0 Å². The van der Waals surface area contributed by atoms with E-state index in [1.807, 2.05) is 6.07 Å². The van der Waals surface area contributed by atoms with Gasteiger partial charge >= 0.3 is 11.9 Å². The molecule has 0 aromatic heterocycles. The van der Waals surface area contributed by atoms with Crippen LogP contribution in [0.3, 0.4) is 0 Å². The van der Waals surface area contributed by atoms with Crippen molar-refractivity contribution in [3.05, 3.63) is 71.8 Å². The zero-order valence-electron chi connectivity index (χ0n) is 12.9. The minimum absolute atomic E-state index is 0.0282. The molecule has 5 heteroatoms. The van der Waals surface area contributed by atoms with Crippen molar-refractivity contribution in [2.45, 2.75) is 6.10 Å². The van der Waals surface area contributed by atoms with Crippen molar-refractivity contribution in [3.63, 3.8) is 0 Å². The molecule has 0 amide bonds. The van der Waals surface area contributed by atoms with Crippen molar-refractivity contribution < 1.29 is 23.8 Å². The molecule has 2 aromatic carbocycles. The van der Waals surface area contributed by atoms with E-state index in [2.05, 4.69) is 6.58 Å². The van der Waals surface area contributed by atoms with E-state index < -0.39 is 11.9 Å². The van der Waals surface area contributed by atoms with Crippen LogP contribution in [-0.2, 0) is 9.47 Å². The number of epoxide rings is 1. The summed E-state index contributed by atoms with van der Waals surface area (Å²) in [5.74, 6) is -0.548. The summed E-state index contributed by atoms with van der Waals surface area (Å²) in [6.45, 7) is 4.56. The Bertz CT molecular complexity index is 760. The number of carbonyl (C=O) groups is 2. The van der Waals surface area contributed by atoms with Gasteiger partial charge < -0.3 is 14.2 Å². The summed E-state index contributed by atoms with van der Waals surface area (Å²) >= 11 is 0. The number of ether oxygens (including phenoxy) is 3. The third-order valence-electron chi connectivity index (χ3n) is 3.46. The Morgan fingerprint density at radius 1 is 1.12 bits per heavy atom.